The van der Waals surface area contributed by atoms with Crippen LogP contribution >= 0.6 is 0 Å². The van der Waals surface area contributed by atoms with Gasteiger partial charge in [-0.3, -0.25) is 9.59 Å². The average Bonchev–Trinajstić information content (AvgIpc) is 2.86. The lowest BCUT2D eigenvalue weighted by molar-refractivity contribution is -0.120. The molecule has 1 unspecified atom stereocenters. The lowest BCUT2D eigenvalue weighted by Crippen LogP contribution is -2.28. The summed E-state index contributed by atoms with van der Waals surface area (Å²) in [6.45, 7) is 1.92. The number of carbonyl (C=O) groups excluding carboxylic acids is 2. The minimum atomic E-state index is -0.479. The highest BCUT2D eigenvalue weighted by molar-refractivity contribution is 5.95. The number of aryl methyl sites for hydroxylation is 2. The minimum Gasteiger partial charge on any atom is -0.366 e. The van der Waals surface area contributed by atoms with Crippen molar-refractivity contribution in [2.75, 3.05) is 5.32 Å². The number of nitrogens with one attached hydrogen (secondary N) is 2. The number of rotatable bonds is 3. The highest BCUT2D eigenvalue weighted by atomic mass is 16.2. The Labute approximate surface area is 128 Å². The molecule has 6 nitrogen and oxygen atoms in total. The van der Waals surface area contributed by atoms with Gasteiger partial charge in [-0.1, -0.05) is 0 Å². The molecule has 2 aromatic rings. The van der Waals surface area contributed by atoms with E-state index in [1.54, 1.807) is 24.3 Å². The summed E-state index contributed by atoms with van der Waals surface area (Å²) in [7, 11) is 0. The van der Waals surface area contributed by atoms with E-state index in [9.17, 15) is 9.59 Å². The zero-order chi connectivity index (χ0) is 15.7. The third kappa shape index (κ3) is 2.86. The van der Waals surface area contributed by atoms with Crippen LogP contribution in [0.2, 0.25) is 0 Å². The summed E-state index contributed by atoms with van der Waals surface area (Å²) in [4.78, 5) is 31.0. The van der Waals surface area contributed by atoms with Gasteiger partial charge in [-0.2, -0.15) is 0 Å². The average molecular weight is 298 g/mol. The summed E-state index contributed by atoms with van der Waals surface area (Å²) in [5, 5.41) is 2.89. The van der Waals surface area contributed by atoms with Crippen LogP contribution in [-0.2, 0) is 17.6 Å². The third-order valence-corrected chi connectivity index (χ3v) is 3.97. The number of carbonyl (C=O) groups is 2. The molecule has 3 rings (SSSR count). The fourth-order valence-electron chi connectivity index (χ4n) is 2.81. The molecule has 1 aromatic carbocycles. The SMILES string of the molecule is Cc1nc2c([nH]1)CC(C(=O)Nc1ccc(C(N)=O)cc1)CC2. The minimum absolute atomic E-state index is 0.00951. The Morgan fingerprint density at radius 1 is 1.32 bits per heavy atom. The highest BCUT2D eigenvalue weighted by Gasteiger charge is 2.26. The molecule has 1 atom stereocenters. The van der Waals surface area contributed by atoms with E-state index in [-0.39, 0.29) is 11.8 Å². The van der Waals surface area contributed by atoms with Crippen molar-refractivity contribution in [3.05, 3.63) is 47.0 Å². The molecule has 0 bridgehead atoms. The van der Waals surface area contributed by atoms with Gasteiger partial charge in [0.1, 0.15) is 5.82 Å². The van der Waals surface area contributed by atoms with Gasteiger partial charge in [0, 0.05) is 29.3 Å². The van der Waals surface area contributed by atoms with E-state index in [1.807, 2.05) is 6.92 Å². The van der Waals surface area contributed by atoms with Gasteiger partial charge >= 0.3 is 0 Å². The van der Waals surface area contributed by atoms with Crippen molar-refractivity contribution in [3.8, 4) is 0 Å². The maximum Gasteiger partial charge on any atom is 0.248 e. The molecule has 6 heteroatoms. The molecule has 0 aliphatic heterocycles. The quantitative estimate of drug-likeness (QED) is 0.801. The summed E-state index contributed by atoms with van der Waals surface area (Å²) >= 11 is 0. The number of nitrogens with two attached hydrogens (primary N) is 1. The topological polar surface area (TPSA) is 101 Å². The molecular weight excluding hydrogens is 280 g/mol. The van der Waals surface area contributed by atoms with E-state index >= 15 is 0 Å². The molecule has 0 saturated heterocycles. The largest absolute Gasteiger partial charge is 0.366 e. The van der Waals surface area contributed by atoms with E-state index in [2.05, 4.69) is 15.3 Å². The Kier molecular flexibility index (Phi) is 3.66. The van der Waals surface area contributed by atoms with Crippen LogP contribution in [0, 0.1) is 12.8 Å². The number of benzene rings is 1. The molecule has 0 fully saturated rings. The van der Waals surface area contributed by atoms with Gasteiger partial charge in [-0.25, -0.2) is 4.98 Å². The Hall–Kier alpha value is -2.63. The predicted octanol–water partition coefficient (Wildman–Crippen LogP) is 1.56. The number of aromatic nitrogens is 2. The van der Waals surface area contributed by atoms with Gasteiger partial charge in [0.05, 0.1) is 5.69 Å². The van der Waals surface area contributed by atoms with Crippen LogP contribution in [0.3, 0.4) is 0 Å². The number of H-pyrrole nitrogens is 1. The monoisotopic (exact) mass is 298 g/mol. The van der Waals surface area contributed by atoms with Gasteiger partial charge in [0.15, 0.2) is 0 Å². The van der Waals surface area contributed by atoms with Gasteiger partial charge in [-0.15, -0.1) is 0 Å². The smallest absolute Gasteiger partial charge is 0.248 e. The first-order valence-electron chi connectivity index (χ1n) is 7.28. The Morgan fingerprint density at radius 3 is 2.73 bits per heavy atom. The lowest BCUT2D eigenvalue weighted by Gasteiger charge is -2.20. The van der Waals surface area contributed by atoms with Gasteiger partial charge in [-0.05, 0) is 44.0 Å². The third-order valence-electron chi connectivity index (χ3n) is 3.97. The molecule has 0 spiro atoms. The van der Waals surface area contributed by atoms with E-state index in [1.165, 1.54) is 0 Å². The van der Waals surface area contributed by atoms with Gasteiger partial charge < -0.3 is 16.0 Å². The predicted molar refractivity (Wildman–Crippen MR) is 82.4 cm³/mol. The van der Waals surface area contributed by atoms with Crippen molar-refractivity contribution in [2.45, 2.75) is 26.2 Å². The summed E-state index contributed by atoms with van der Waals surface area (Å²) in [6.07, 6.45) is 2.29. The molecule has 2 amide bonds. The molecule has 1 aliphatic carbocycles. The molecule has 4 N–H and O–H groups in total. The number of primary amides is 1. The van der Waals surface area contributed by atoms with Crippen LogP contribution < -0.4 is 11.1 Å². The molecule has 22 heavy (non-hydrogen) atoms. The molecule has 1 heterocycles. The van der Waals surface area contributed by atoms with Crippen LogP contribution in [0.1, 0.15) is 34.0 Å². The molecule has 0 radical (unpaired) electrons. The lowest BCUT2D eigenvalue weighted by atomic mass is 9.89. The van der Waals surface area contributed by atoms with Crippen LogP contribution in [0.4, 0.5) is 5.69 Å². The Morgan fingerprint density at radius 2 is 2.05 bits per heavy atom. The van der Waals surface area contributed by atoms with Crippen LogP contribution in [0.15, 0.2) is 24.3 Å². The highest BCUT2D eigenvalue weighted by Crippen LogP contribution is 2.25. The summed E-state index contributed by atoms with van der Waals surface area (Å²) < 4.78 is 0. The summed E-state index contributed by atoms with van der Waals surface area (Å²) in [5.74, 6) is 0.341. The molecule has 1 aromatic heterocycles. The van der Waals surface area contributed by atoms with Crippen molar-refractivity contribution in [3.63, 3.8) is 0 Å². The number of amides is 2. The normalized spacial score (nSPS) is 16.9. The van der Waals surface area contributed by atoms with E-state index in [0.717, 1.165) is 30.1 Å². The maximum atomic E-state index is 12.4. The Bertz CT molecular complexity index is 718. The van der Waals surface area contributed by atoms with Crippen molar-refractivity contribution < 1.29 is 9.59 Å². The molecular formula is C16H18N4O2. The van der Waals surface area contributed by atoms with Crippen LogP contribution in [0.25, 0.3) is 0 Å². The van der Waals surface area contributed by atoms with Crippen molar-refractivity contribution in [1.29, 1.82) is 0 Å². The first-order valence-corrected chi connectivity index (χ1v) is 7.28. The maximum absolute atomic E-state index is 12.4. The first kappa shape index (κ1) is 14.3. The number of anilines is 1. The van der Waals surface area contributed by atoms with Gasteiger partial charge in [0.2, 0.25) is 11.8 Å². The van der Waals surface area contributed by atoms with Crippen LogP contribution in [-0.4, -0.2) is 21.8 Å². The Balaban J connectivity index is 1.66. The molecule has 114 valence electrons. The number of hydrogen-bond donors (Lipinski definition) is 3. The number of fused-ring (bicyclic) bond motifs is 1. The fraction of sp³-hybridized carbons (Fsp3) is 0.312. The van der Waals surface area contributed by atoms with E-state index < -0.39 is 5.91 Å². The molecule has 0 saturated carbocycles. The fourth-order valence-corrected chi connectivity index (χ4v) is 2.81. The zero-order valence-electron chi connectivity index (χ0n) is 12.3. The van der Waals surface area contributed by atoms with Crippen molar-refractivity contribution in [2.24, 2.45) is 11.7 Å². The zero-order valence-corrected chi connectivity index (χ0v) is 12.3. The van der Waals surface area contributed by atoms with E-state index in [0.29, 0.717) is 17.7 Å². The van der Waals surface area contributed by atoms with Gasteiger partial charge in [0.25, 0.3) is 0 Å². The van der Waals surface area contributed by atoms with Crippen molar-refractivity contribution >= 4 is 17.5 Å². The number of hydrogen-bond acceptors (Lipinski definition) is 3. The molecule has 1 aliphatic rings. The summed E-state index contributed by atoms with van der Waals surface area (Å²) in [5.41, 5.74) is 8.43. The number of nitrogens with zero attached hydrogens (tertiary/aromatic N) is 1. The number of imidazole rings is 1. The second-order valence-electron chi connectivity index (χ2n) is 5.62. The van der Waals surface area contributed by atoms with Crippen molar-refractivity contribution in [1.82, 2.24) is 9.97 Å². The second kappa shape index (κ2) is 5.63. The first-order chi connectivity index (χ1) is 10.5. The van der Waals surface area contributed by atoms with E-state index in [4.69, 9.17) is 5.73 Å². The summed E-state index contributed by atoms with van der Waals surface area (Å²) in [6, 6.07) is 6.59. The second-order valence-corrected chi connectivity index (χ2v) is 5.62. The number of aromatic amines is 1. The van der Waals surface area contributed by atoms with Crippen LogP contribution in [0.5, 0.6) is 0 Å². The standard InChI is InChI=1S/C16H18N4O2/c1-9-18-13-7-4-11(8-14(13)19-9)16(22)20-12-5-2-10(3-6-12)15(17)21/h2-3,5-6,11H,4,7-8H2,1H3,(H2,17,21)(H,18,19)(H,20,22).